The predicted octanol–water partition coefficient (Wildman–Crippen LogP) is 2.98. The molecule has 1 aromatic carbocycles. The Bertz CT molecular complexity index is 410. The zero-order valence-electron chi connectivity index (χ0n) is 13.1. The van der Waals surface area contributed by atoms with Gasteiger partial charge in [0.2, 0.25) is 0 Å². The maximum atomic E-state index is 13.1. The molecule has 0 aliphatic carbocycles. The Morgan fingerprint density at radius 2 is 2.14 bits per heavy atom. The minimum atomic E-state index is -0.176. The second-order valence-electron chi connectivity index (χ2n) is 5.91. The average Bonchev–Trinajstić information content (AvgIpc) is 2.49. The van der Waals surface area contributed by atoms with Crippen LogP contribution in [-0.2, 0) is 4.74 Å². The Labute approximate surface area is 127 Å². The van der Waals surface area contributed by atoms with Gasteiger partial charge in [-0.2, -0.15) is 0 Å². The van der Waals surface area contributed by atoms with E-state index in [0.717, 1.165) is 38.2 Å². The highest BCUT2D eigenvalue weighted by molar-refractivity contribution is 5.19. The van der Waals surface area contributed by atoms with Crippen molar-refractivity contribution in [2.75, 3.05) is 33.3 Å². The van der Waals surface area contributed by atoms with Gasteiger partial charge in [0.25, 0.3) is 0 Å². The van der Waals surface area contributed by atoms with E-state index >= 15 is 0 Å². The Morgan fingerprint density at radius 1 is 1.38 bits per heavy atom. The lowest BCUT2D eigenvalue weighted by Crippen LogP contribution is -2.45. The summed E-state index contributed by atoms with van der Waals surface area (Å²) in [4.78, 5) is 2.30. The highest BCUT2D eigenvalue weighted by atomic mass is 19.1. The predicted molar refractivity (Wildman–Crippen MR) is 83.9 cm³/mol. The first-order valence-corrected chi connectivity index (χ1v) is 7.98. The molecule has 0 radical (unpaired) electrons. The normalized spacial score (nSPS) is 21.4. The van der Waals surface area contributed by atoms with Crippen LogP contribution in [0.15, 0.2) is 24.3 Å². The van der Waals surface area contributed by atoms with Crippen LogP contribution in [0.25, 0.3) is 0 Å². The maximum Gasteiger partial charge on any atom is 0.123 e. The number of nitrogens with zero attached hydrogens (tertiary/aromatic N) is 1. The summed E-state index contributed by atoms with van der Waals surface area (Å²) in [5.41, 5.74) is 1.16. The lowest BCUT2D eigenvalue weighted by Gasteiger charge is -2.31. The summed E-state index contributed by atoms with van der Waals surface area (Å²) in [5.74, 6) is -0.176. The molecule has 2 unspecified atom stereocenters. The van der Waals surface area contributed by atoms with Gasteiger partial charge >= 0.3 is 0 Å². The van der Waals surface area contributed by atoms with Gasteiger partial charge in [-0.25, -0.2) is 4.39 Å². The third-order valence-corrected chi connectivity index (χ3v) is 4.05. The molecule has 2 atom stereocenters. The number of benzene rings is 1. The second-order valence-corrected chi connectivity index (χ2v) is 5.91. The van der Waals surface area contributed by atoms with Crippen molar-refractivity contribution >= 4 is 0 Å². The molecule has 0 aromatic heterocycles. The minimum absolute atomic E-state index is 0.176. The largest absolute Gasteiger partial charge is 0.374 e. The lowest BCUT2D eigenvalue weighted by atomic mass is 10.0. The van der Waals surface area contributed by atoms with Crippen LogP contribution in [0.4, 0.5) is 4.39 Å². The number of ether oxygens (including phenoxy) is 1. The number of nitrogens with one attached hydrogen (secondary N) is 1. The Hall–Kier alpha value is -0.970. The molecular formula is C17H27FN2O. The van der Waals surface area contributed by atoms with Crippen LogP contribution in [0.1, 0.15) is 37.8 Å². The molecule has 21 heavy (non-hydrogen) atoms. The number of halogens is 1. The summed E-state index contributed by atoms with van der Waals surface area (Å²) in [6, 6.07) is 7.13. The highest BCUT2D eigenvalue weighted by Gasteiger charge is 2.19. The maximum absolute atomic E-state index is 13.1. The van der Waals surface area contributed by atoms with E-state index < -0.39 is 0 Å². The Morgan fingerprint density at radius 3 is 2.81 bits per heavy atom. The van der Waals surface area contributed by atoms with Gasteiger partial charge in [0.15, 0.2) is 0 Å². The third-order valence-electron chi connectivity index (χ3n) is 4.05. The number of hydrogen-bond acceptors (Lipinski definition) is 3. The molecule has 1 N–H and O–H groups in total. The molecule has 2 rings (SSSR count). The molecule has 4 heteroatoms. The third kappa shape index (κ3) is 5.38. The molecule has 118 valence electrons. The number of rotatable bonds is 7. The molecule has 1 saturated heterocycles. The van der Waals surface area contributed by atoms with E-state index in [0.29, 0.717) is 0 Å². The summed E-state index contributed by atoms with van der Waals surface area (Å²) in [5, 5.41) is 3.61. The van der Waals surface area contributed by atoms with E-state index in [1.54, 1.807) is 12.1 Å². The van der Waals surface area contributed by atoms with Crippen LogP contribution in [-0.4, -0.2) is 44.3 Å². The smallest absolute Gasteiger partial charge is 0.123 e. The zero-order valence-corrected chi connectivity index (χ0v) is 13.1. The molecule has 1 fully saturated rings. The number of hydrogen-bond donors (Lipinski definition) is 1. The van der Waals surface area contributed by atoms with Crippen LogP contribution in [0.5, 0.6) is 0 Å². The standard InChI is InChI=1S/C17H27FN2O/c1-3-4-5-17(14-6-8-15(18)9-7-14)19-12-16-13-20(2)10-11-21-16/h6-9,16-17,19H,3-5,10-13H2,1-2H3. The van der Waals surface area contributed by atoms with Gasteiger partial charge in [-0.05, 0) is 31.2 Å². The zero-order chi connectivity index (χ0) is 15.1. The molecule has 1 heterocycles. The fraction of sp³-hybridized carbons (Fsp3) is 0.647. The van der Waals surface area contributed by atoms with Crippen molar-refractivity contribution in [2.45, 2.75) is 38.3 Å². The van der Waals surface area contributed by atoms with Gasteiger partial charge in [-0.1, -0.05) is 31.9 Å². The molecule has 0 amide bonds. The van der Waals surface area contributed by atoms with Crippen molar-refractivity contribution < 1.29 is 9.13 Å². The molecule has 0 saturated carbocycles. The summed E-state index contributed by atoms with van der Waals surface area (Å²) >= 11 is 0. The van der Waals surface area contributed by atoms with Crippen LogP contribution in [0, 0.1) is 5.82 Å². The van der Waals surface area contributed by atoms with Gasteiger partial charge in [0.05, 0.1) is 12.7 Å². The van der Waals surface area contributed by atoms with Crippen molar-refractivity contribution in [2.24, 2.45) is 0 Å². The van der Waals surface area contributed by atoms with Crippen molar-refractivity contribution in [1.82, 2.24) is 10.2 Å². The first-order valence-electron chi connectivity index (χ1n) is 7.98. The molecular weight excluding hydrogens is 267 g/mol. The van der Waals surface area contributed by atoms with Gasteiger partial charge in [-0.15, -0.1) is 0 Å². The van der Waals surface area contributed by atoms with Crippen LogP contribution < -0.4 is 5.32 Å². The van der Waals surface area contributed by atoms with Gasteiger partial charge in [0, 0.05) is 25.7 Å². The van der Waals surface area contributed by atoms with E-state index in [2.05, 4.69) is 24.2 Å². The second kappa shape index (κ2) is 8.47. The summed E-state index contributed by atoms with van der Waals surface area (Å²) in [7, 11) is 2.13. The van der Waals surface area contributed by atoms with Gasteiger partial charge in [-0.3, -0.25) is 0 Å². The fourth-order valence-corrected chi connectivity index (χ4v) is 2.75. The molecule has 1 aromatic rings. The monoisotopic (exact) mass is 294 g/mol. The topological polar surface area (TPSA) is 24.5 Å². The molecule has 3 nitrogen and oxygen atoms in total. The quantitative estimate of drug-likeness (QED) is 0.837. The van der Waals surface area contributed by atoms with E-state index in [9.17, 15) is 4.39 Å². The fourth-order valence-electron chi connectivity index (χ4n) is 2.75. The number of morpholine rings is 1. The van der Waals surface area contributed by atoms with Gasteiger partial charge < -0.3 is 15.0 Å². The van der Waals surface area contributed by atoms with Crippen molar-refractivity contribution in [3.63, 3.8) is 0 Å². The van der Waals surface area contributed by atoms with Gasteiger partial charge in [0.1, 0.15) is 5.82 Å². The van der Waals surface area contributed by atoms with Crippen LogP contribution in [0.2, 0.25) is 0 Å². The molecule has 0 bridgehead atoms. The highest BCUT2D eigenvalue weighted by Crippen LogP contribution is 2.20. The molecule has 1 aliphatic heterocycles. The van der Waals surface area contributed by atoms with Crippen LogP contribution >= 0.6 is 0 Å². The lowest BCUT2D eigenvalue weighted by molar-refractivity contribution is -0.0194. The average molecular weight is 294 g/mol. The van der Waals surface area contributed by atoms with E-state index in [1.165, 1.54) is 12.8 Å². The van der Waals surface area contributed by atoms with Crippen molar-refractivity contribution in [3.05, 3.63) is 35.6 Å². The molecule has 0 spiro atoms. The Balaban J connectivity index is 1.91. The van der Waals surface area contributed by atoms with Crippen LogP contribution in [0.3, 0.4) is 0 Å². The number of likely N-dealkylation sites (N-methyl/N-ethyl adjacent to an activating group) is 1. The van der Waals surface area contributed by atoms with E-state index in [1.807, 2.05) is 12.1 Å². The first kappa shape index (κ1) is 16.4. The van der Waals surface area contributed by atoms with E-state index in [4.69, 9.17) is 4.74 Å². The number of unbranched alkanes of at least 4 members (excludes halogenated alkanes) is 1. The Kier molecular flexibility index (Phi) is 6.61. The summed E-state index contributed by atoms with van der Waals surface area (Å²) in [6.07, 6.45) is 3.65. The first-order chi connectivity index (χ1) is 10.2. The summed E-state index contributed by atoms with van der Waals surface area (Å²) in [6.45, 7) is 5.82. The van der Waals surface area contributed by atoms with Crippen molar-refractivity contribution in [3.8, 4) is 0 Å². The van der Waals surface area contributed by atoms with Crippen molar-refractivity contribution in [1.29, 1.82) is 0 Å². The summed E-state index contributed by atoms with van der Waals surface area (Å²) < 4.78 is 18.9. The molecule has 1 aliphatic rings. The van der Waals surface area contributed by atoms with E-state index in [-0.39, 0.29) is 18.0 Å². The SMILES string of the molecule is CCCCC(NCC1CN(C)CCO1)c1ccc(F)cc1. The minimum Gasteiger partial charge on any atom is -0.374 e.